The lowest BCUT2D eigenvalue weighted by atomic mass is 10.2. The first-order valence-electron chi connectivity index (χ1n) is 4.99. The van der Waals surface area contributed by atoms with Crippen LogP contribution in [0.15, 0.2) is 45.8 Å². The fraction of sp³-hybridized carbons (Fsp3) is 0.0769. The molecule has 1 heterocycles. The molecule has 2 rings (SSSR count). The average Bonchev–Trinajstić information content (AvgIpc) is 2.74. The van der Waals surface area contributed by atoms with Crippen LogP contribution in [0.2, 0.25) is 0 Å². The van der Waals surface area contributed by atoms with Crippen LogP contribution in [0.25, 0.3) is 0 Å². The molecule has 80 valence electrons. The molecule has 0 saturated heterocycles. The lowest BCUT2D eigenvalue weighted by Crippen LogP contribution is -1.76. The van der Waals surface area contributed by atoms with Gasteiger partial charge in [0.05, 0.1) is 18.1 Å². The molecule has 0 fully saturated rings. The van der Waals surface area contributed by atoms with Gasteiger partial charge in [-0.15, -0.1) is 0 Å². The highest BCUT2D eigenvalue weighted by atomic mass is 16.3. The standard InChI is InChI=1S/C13H12N2O/c1-10-3-2-4-11(7-10)15-9-13-6-5-12(8-14)16-13/h2-9,14H,1H3. The summed E-state index contributed by atoms with van der Waals surface area (Å²) in [6.07, 6.45) is 2.83. The zero-order chi connectivity index (χ0) is 11.4. The summed E-state index contributed by atoms with van der Waals surface area (Å²) in [7, 11) is 0. The summed E-state index contributed by atoms with van der Waals surface area (Å²) in [4.78, 5) is 4.29. The highest BCUT2D eigenvalue weighted by molar-refractivity contribution is 5.81. The van der Waals surface area contributed by atoms with Gasteiger partial charge in [0, 0.05) is 0 Å². The van der Waals surface area contributed by atoms with Crippen molar-refractivity contribution >= 4 is 18.1 Å². The van der Waals surface area contributed by atoms with E-state index in [0.29, 0.717) is 11.5 Å². The van der Waals surface area contributed by atoms with Gasteiger partial charge in [0.15, 0.2) is 0 Å². The number of benzene rings is 1. The van der Waals surface area contributed by atoms with Crippen LogP contribution in [0.3, 0.4) is 0 Å². The van der Waals surface area contributed by atoms with Crippen LogP contribution in [0.1, 0.15) is 17.1 Å². The van der Waals surface area contributed by atoms with Gasteiger partial charge >= 0.3 is 0 Å². The Labute approximate surface area is 94.0 Å². The van der Waals surface area contributed by atoms with Crippen molar-refractivity contribution in [2.24, 2.45) is 4.99 Å². The maximum Gasteiger partial charge on any atom is 0.145 e. The van der Waals surface area contributed by atoms with E-state index >= 15 is 0 Å². The van der Waals surface area contributed by atoms with Gasteiger partial charge in [-0.3, -0.25) is 4.99 Å². The predicted octanol–water partition coefficient (Wildman–Crippen LogP) is 3.34. The van der Waals surface area contributed by atoms with Gasteiger partial charge in [-0.1, -0.05) is 12.1 Å². The van der Waals surface area contributed by atoms with E-state index in [1.807, 2.05) is 31.2 Å². The van der Waals surface area contributed by atoms with Crippen LogP contribution in [-0.2, 0) is 0 Å². The Kier molecular flexibility index (Phi) is 2.96. The summed E-state index contributed by atoms with van der Waals surface area (Å²) in [5.41, 5.74) is 2.07. The molecule has 0 aliphatic carbocycles. The molecule has 3 nitrogen and oxygen atoms in total. The van der Waals surface area contributed by atoms with Gasteiger partial charge in [-0.25, -0.2) is 0 Å². The van der Waals surface area contributed by atoms with E-state index < -0.39 is 0 Å². The Morgan fingerprint density at radius 2 is 2.00 bits per heavy atom. The van der Waals surface area contributed by atoms with Crippen LogP contribution < -0.4 is 0 Å². The van der Waals surface area contributed by atoms with Crippen molar-refractivity contribution in [1.29, 1.82) is 5.41 Å². The van der Waals surface area contributed by atoms with Crippen LogP contribution >= 0.6 is 0 Å². The number of nitrogens with zero attached hydrogens (tertiary/aromatic N) is 1. The fourth-order valence-corrected chi connectivity index (χ4v) is 1.36. The highest BCUT2D eigenvalue weighted by Gasteiger charge is 1.95. The van der Waals surface area contributed by atoms with E-state index in [-0.39, 0.29) is 0 Å². The largest absolute Gasteiger partial charge is 0.454 e. The summed E-state index contributed by atoms with van der Waals surface area (Å²) in [6.45, 7) is 2.03. The first kappa shape index (κ1) is 10.4. The first-order valence-corrected chi connectivity index (χ1v) is 4.99. The van der Waals surface area contributed by atoms with Gasteiger partial charge in [0.25, 0.3) is 0 Å². The maximum absolute atomic E-state index is 7.02. The third-order valence-corrected chi connectivity index (χ3v) is 2.13. The maximum atomic E-state index is 7.02. The number of aliphatic imine (C=N–C) groups is 1. The molecule has 0 saturated carbocycles. The zero-order valence-electron chi connectivity index (χ0n) is 8.97. The van der Waals surface area contributed by atoms with Crippen molar-refractivity contribution in [2.45, 2.75) is 6.92 Å². The minimum absolute atomic E-state index is 0.533. The van der Waals surface area contributed by atoms with Crippen molar-refractivity contribution in [3.05, 3.63) is 53.5 Å². The molecule has 0 bridgehead atoms. The number of hydrogen-bond donors (Lipinski definition) is 1. The van der Waals surface area contributed by atoms with Gasteiger partial charge in [0.1, 0.15) is 11.5 Å². The highest BCUT2D eigenvalue weighted by Crippen LogP contribution is 2.13. The monoisotopic (exact) mass is 212 g/mol. The fourth-order valence-electron chi connectivity index (χ4n) is 1.36. The van der Waals surface area contributed by atoms with E-state index in [2.05, 4.69) is 4.99 Å². The third kappa shape index (κ3) is 2.45. The number of furan rings is 1. The van der Waals surface area contributed by atoms with Crippen LogP contribution in [0.5, 0.6) is 0 Å². The minimum atomic E-state index is 0.533. The van der Waals surface area contributed by atoms with Crippen molar-refractivity contribution in [1.82, 2.24) is 0 Å². The molecule has 0 spiro atoms. The summed E-state index contributed by atoms with van der Waals surface area (Å²) < 4.78 is 5.29. The summed E-state index contributed by atoms with van der Waals surface area (Å²) in [5, 5.41) is 7.02. The summed E-state index contributed by atoms with van der Waals surface area (Å²) in [5.74, 6) is 1.19. The molecule has 1 aromatic carbocycles. The number of rotatable bonds is 3. The molecular formula is C13H12N2O. The van der Waals surface area contributed by atoms with Crippen molar-refractivity contribution in [2.75, 3.05) is 0 Å². The van der Waals surface area contributed by atoms with Crippen LogP contribution in [0, 0.1) is 12.3 Å². The zero-order valence-corrected chi connectivity index (χ0v) is 8.97. The normalized spacial score (nSPS) is 10.8. The lowest BCUT2D eigenvalue weighted by Gasteiger charge is -1.94. The predicted molar refractivity (Wildman–Crippen MR) is 65.0 cm³/mol. The summed E-state index contributed by atoms with van der Waals surface area (Å²) in [6, 6.07) is 11.5. The molecule has 16 heavy (non-hydrogen) atoms. The van der Waals surface area contributed by atoms with Gasteiger partial charge in [-0.2, -0.15) is 0 Å². The molecule has 0 aliphatic heterocycles. The Balaban J connectivity index is 2.17. The number of nitrogens with one attached hydrogen (secondary N) is 1. The molecule has 1 aromatic heterocycles. The molecule has 1 N–H and O–H groups in total. The second kappa shape index (κ2) is 4.57. The van der Waals surface area contributed by atoms with Gasteiger partial charge < -0.3 is 9.83 Å². The number of aryl methyl sites for hydroxylation is 1. The van der Waals surface area contributed by atoms with Crippen molar-refractivity contribution in [3.8, 4) is 0 Å². The SMILES string of the molecule is Cc1cccc(N=Cc2ccc(C=N)o2)c1. The van der Waals surface area contributed by atoms with E-state index in [0.717, 1.165) is 5.69 Å². The second-order valence-electron chi connectivity index (χ2n) is 3.48. The topological polar surface area (TPSA) is 49.4 Å². The molecule has 0 amide bonds. The molecule has 0 atom stereocenters. The Hall–Kier alpha value is -2.16. The van der Waals surface area contributed by atoms with E-state index in [1.54, 1.807) is 18.3 Å². The van der Waals surface area contributed by atoms with Crippen molar-refractivity contribution in [3.63, 3.8) is 0 Å². The van der Waals surface area contributed by atoms with Gasteiger partial charge in [-0.05, 0) is 36.8 Å². The van der Waals surface area contributed by atoms with Crippen LogP contribution in [-0.4, -0.2) is 12.4 Å². The number of hydrogen-bond acceptors (Lipinski definition) is 3. The Morgan fingerprint density at radius 1 is 1.19 bits per heavy atom. The van der Waals surface area contributed by atoms with Gasteiger partial charge in [0.2, 0.25) is 0 Å². The molecule has 0 radical (unpaired) electrons. The summed E-state index contributed by atoms with van der Waals surface area (Å²) >= 11 is 0. The Bertz CT molecular complexity index is 526. The van der Waals surface area contributed by atoms with E-state index in [4.69, 9.17) is 9.83 Å². The Morgan fingerprint density at radius 3 is 2.69 bits per heavy atom. The smallest absolute Gasteiger partial charge is 0.145 e. The molecule has 0 aliphatic rings. The first-order chi connectivity index (χ1) is 7.78. The molecule has 2 aromatic rings. The second-order valence-corrected chi connectivity index (χ2v) is 3.48. The van der Waals surface area contributed by atoms with Crippen LogP contribution in [0.4, 0.5) is 5.69 Å². The lowest BCUT2D eigenvalue weighted by molar-refractivity contribution is 0.553. The minimum Gasteiger partial charge on any atom is -0.454 e. The third-order valence-electron chi connectivity index (χ3n) is 2.13. The molecular weight excluding hydrogens is 200 g/mol. The van der Waals surface area contributed by atoms with Crippen molar-refractivity contribution < 1.29 is 4.42 Å². The average molecular weight is 212 g/mol. The molecule has 0 unspecified atom stereocenters. The quantitative estimate of drug-likeness (QED) is 0.779. The van der Waals surface area contributed by atoms with E-state index in [9.17, 15) is 0 Å². The molecule has 3 heteroatoms. The van der Waals surface area contributed by atoms with E-state index in [1.165, 1.54) is 11.8 Å².